The first kappa shape index (κ1) is 15.1. The van der Waals surface area contributed by atoms with Gasteiger partial charge in [0.05, 0.1) is 0 Å². The normalized spacial score (nSPS) is 10.8. The molecule has 4 heteroatoms. The van der Waals surface area contributed by atoms with Crippen molar-refractivity contribution in [2.24, 2.45) is 0 Å². The molecule has 2 rings (SSSR count). The number of benzene rings is 1. The Kier molecular flexibility index (Phi) is 4.90. The van der Waals surface area contributed by atoms with Gasteiger partial charge in [-0.25, -0.2) is 0 Å². The first-order valence-corrected chi connectivity index (χ1v) is 7.42. The van der Waals surface area contributed by atoms with Crippen LogP contribution in [0.25, 0.3) is 0 Å². The van der Waals surface area contributed by atoms with E-state index in [4.69, 9.17) is 23.2 Å². The van der Waals surface area contributed by atoms with Gasteiger partial charge in [0.1, 0.15) is 0 Å². The van der Waals surface area contributed by atoms with Crippen molar-refractivity contribution in [3.8, 4) is 0 Å². The summed E-state index contributed by atoms with van der Waals surface area (Å²) in [5.74, 6) is 0. The molecule has 0 aliphatic carbocycles. The van der Waals surface area contributed by atoms with E-state index in [1.54, 1.807) is 24.3 Å². The molecule has 0 fully saturated rings. The Morgan fingerprint density at radius 1 is 1.10 bits per heavy atom. The van der Waals surface area contributed by atoms with Gasteiger partial charge in [-0.1, -0.05) is 36.2 Å². The third-order valence-electron chi connectivity index (χ3n) is 3.45. The number of rotatable bonds is 4. The summed E-state index contributed by atoms with van der Waals surface area (Å²) < 4.78 is 2.10. The van der Waals surface area contributed by atoms with Gasteiger partial charge >= 0.3 is 0 Å². The summed E-state index contributed by atoms with van der Waals surface area (Å²) in [6.07, 6.45) is 3.34. The van der Waals surface area contributed by atoms with Crippen LogP contribution in [0, 0.1) is 6.92 Å². The summed E-state index contributed by atoms with van der Waals surface area (Å²) >= 11 is 12.4. The molecular weight excluding hydrogens is 293 g/mol. The molecule has 1 heterocycles. The maximum Gasteiger partial charge on any atom is 0.185 e. The Morgan fingerprint density at radius 3 is 2.35 bits per heavy atom. The lowest BCUT2D eigenvalue weighted by atomic mass is 10.0. The Morgan fingerprint density at radius 2 is 1.75 bits per heavy atom. The SMILES string of the molecule is CCCn1ccc(=O)c(Cc2c(Cl)cccc2Cl)c1C. The van der Waals surface area contributed by atoms with Crippen LogP contribution in [0.2, 0.25) is 10.0 Å². The maximum atomic E-state index is 12.1. The lowest BCUT2D eigenvalue weighted by Crippen LogP contribution is -2.17. The molecule has 0 aliphatic rings. The Labute approximate surface area is 129 Å². The maximum absolute atomic E-state index is 12.1. The molecule has 0 unspecified atom stereocenters. The highest BCUT2D eigenvalue weighted by molar-refractivity contribution is 6.36. The van der Waals surface area contributed by atoms with E-state index in [1.807, 2.05) is 13.1 Å². The van der Waals surface area contributed by atoms with Gasteiger partial charge in [-0.15, -0.1) is 0 Å². The summed E-state index contributed by atoms with van der Waals surface area (Å²) in [6.45, 7) is 4.98. The molecule has 0 bridgehead atoms. The minimum Gasteiger partial charge on any atom is -0.351 e. The first-order chi connectivity index (χ1) is 9.54. The molecule has 0 N–H and O–H groups in total. The highest BCUT2D eigenvalue weighted by atomic mass is 35.5. The molecule has 0 radical (unpaired) electrons. The van der Waals surface area contributed by atoms with Crippen LogP contribution in [0.1, 0.15) is 30.2 Å². The number of nitrogens with zero attached hydrogens (tertiary/aromatic N) is 1. The fourth-order valence-electron chi connectivity index (χ4n) is 2.30. The average molecular weight is 310 g/mol. The van der Waals surface area contributed by atoms with Crippen molar-refractivity contribution >= 4 is 23.2 Å². The van der Waals surface area contributed by atoms with Crippen molar-refractivity contribution < 1.29 is 0 Å². The summed E-state index contributed by atoms with van der Waals surface area (Å²) in [5.41, 5.74) is 2.59. The van der Waals surface area contributed by atoms with Gasteiger partial charge in [-0.2, -0.15) is 0 Å². The highest BCUT2D eigenvalue weighted by Crippen LogP contribution is 2.26. The summed E-state index contributed by atoms with van der Waals surface area (Å²) in [6, 6.07) is 7.02. The first-order valence-electron chi connectivity index (χ1n) is 6.66. The second kappa shape index (κ2) is 6.47. The van der Waals surface area contributed by atoms with Crippen molar-refractivity contribution in [2.75, 3.05) is 0 Å². The minimum atomic E-state index is 0.0332. The molecule has 0 spiro atoms. The average Bonchev–Trinajstić information content (AvgIpc) is 2.41. The van der Waals surface area contributed by atoms with Crippen LogP contribution in [0.4, 0.5) is 0 Å². The molecule has 1 aromatic carbocycles. The van der Waals surface area contributed by atoms with Crippen LogP contribution in [0.15, 0.2) is 35.3 Å². The zero-order valence-corrected chi connectivity index (χ0v) is 13.1. The zero-order valence-electron chi connectivity index (χ0n) is 11.6. The predicted octanol–water partition coefficient (Wildman–Crippen LogP) is 4.46. The Bertz CT molecular complexity index is 656. The fourth-order valence-corrected chi connectivity index (χ4v) is 2.83. The quantitative estimate of drug-likeness (QED) is 0.817. The number of pyridine rings is 1. The van der Waals surface area contributed by atoms with E-state index < -0.39 is 0 Å². The lowest BCUT2D eigenvalue weighted by molar-refractivity contribution is 0.648. The molecular formula is C16H17Cl2NO. The van der Waals surface area contributed by atoms with Crippen molar-refractivity contribution in [2.45, 2.75) is 33.2 Å². The van der Waals surface area contributed by atoms with Crippen LogP contribution in [0.5, 0.6) is 0 Å². The summed E-state index contributed by atoms with van der Waals surface area (Å²) in [7, 11) is 0. The standard InChI is InChI=1S/C16H17Cl2NO/c1-3-8-19-9-7-16(20)12(11(19)2)10-13-14(17)5-4-6-15(13)18/h4-7,9H,3,8,10H2,1-2H3. The van der Waals surface area contributed by atoms with E-state index in [0.29, 0.717) is 16.5 Å². The third kappa shape index (κ3) is 3.08. The van der Waals surface area contributed by atoms with E-state index in [1.165, 1.54) is 0 Å². The number of aromatic nitrogens is 1. The second-order valence-corrected chi connectivity index (χ2v) is 5.63. The van der Waals surface area contributed by atoms with Crippen LogP contribution in [0.3, 0.4) is 0 Å². The molecule has 0 saturated carbocycles. The van der Waals surface area contributed by atoms with Gasteiger partial charge in [0.15, 0.2) is 5.43 Å². The number of halogens is 2. The molecule has 2 nitrogen and oxygen atoms in total. The summed E-state index contributed by atoms with van der Waals surface area (Å²) in [4.78, 5) is 12.1. The topological polar surface area (TPSA) is 22.0 Å². The Hall–Kier alpha value is -1.25. The van der Waals surface area contributed by atoms with E-state index >= 15 is 0 Å². The van der Waals surface area contributed by atoms with Crippen LogP contribution in [-0.4, -0.2) is 4.57 Å². The van der Waals surface area contributed by atoms with E-state index in [0.717, 1.165) is 29.8 Å². The van der Waals surface area contributed by atoms with Crippen LogP contribution < -0.4 is 5.43 Å². The van der Waals surface area contributed by atoms with Gasteiger partial charge in [0, 0.05) is 46.5 Å². The van der Waals surface area contributed by atoms with Gasteiger partial charge in [0.25, 0.3) is 0 Å². The number of hydrogen-bond acceptors (Lipinski definition) is 1. The molecule has 0 aliphatic heterocycles. The number of aryl methyl sites for hydroxylation is 1. The van der Waals surface area contributed by atoms with Crippen molar-refractivity contribution in [3.05, 3.63) is 67.6 Å². The van der Waals surface area contributed by atoms with E-state index in [2.05, 4.69) is 11.5 Å². The minimum absolute atomic E-state index is 0.0332. The van der Waals surface area contributed by atoms with Crippen LogP contribution in [-0.2, 0) is 13.0 Å². The molecule has 2 aromatic rings. The van der Waals surface area contributed by atoms with E-state index in [-0.39, 0.29) is 5.43 Å². The third-order valence-corrected chi connectivity index (χ3v) is 4.16. The monoisotopic (exact) mass is 309 g/mol. The predicted molar refractivity (Wildman–Crippen MR) is 85.0 cm³/mol. The second-order valence-electron chi connectivity index (χ2n) is 4.81. The molecule has 1 aromatic heterocycles. The van der Waals surface area contributed by atoms with Crippen molar-refractivity contribution in [1.29, 1.82) is 0 Å². The molecule has 106 valence electrons. The van der Waals surface area contributed by atoms with Gasteiger partial charge in [-0.05, 0) is 31.0 Å². The molecule has 0 saturated heterocycles. The highest BCUT2D eigenvalue weighted by Gasteiger charge is 2.12. The van der Waals surface area contributed by atoms with Crippen molar-refractivity contribution in [3.63, 3.8) is 0 Å². The fraction of sp³-hybridized carbons (Fsp3) is 0.312. The molecule has 0 atom stereocenters. The van der Waals surface area contributed by atoms with E-state index in [9.17, 15) is 4.79 Å². The molecule has 20 heavy (non-hydrogen) atoms. The smallest absolute Gasteiger partial charge is 0.185 e. The number of hydrogen-bond donors (Lipinski definition) is 0. The lowest BCUT2D eigenvalue weighted by Gasteiger charge is -2.14. The molecule has 0 amide bonds. The van der Waals surface area contributed by atoms with Crippen molar-refractivity contribution in [1.82, 2.24) is 4.57 Å². The van der Waals surface area contributed by atoms with Gasteiger partial charge in [-0.3, -0.25) is 4.79 Å². The Balaban J connectivity index is 2.48. The van der Waals surface area contributed by atoms with Gasteiger partial charge < -0.3 is 4.57 Å². The van der Waals surface area contributed by atoms with Gasteiger partial charge in [0.2, 0.25) is 0 Å². The summed E-state index contributed by atoms with van der Waals surface area (Å²) in [5, 5.41) is 1.20. The zero-order chi connectivity index (χ0) is 14.7. The van der Waals surface area contributed by atoms with Crippen LogP contribution >= 0.6 is 23.2 Å². The largest absolute Gasteiger partial charge is 0.351 e.